The predicted octanol–water partition coefficient (Wildman–Crippen LogP) is 6.51. The molecule has 40 heavy (non-hydrogen) atoms. The molecule has 1 unspecified atom stereocenters. The van der Waals surface area contributed by atoms with Gasteiger partial charge in [-0.25, -0.2) is 14.5 Å². The molecule has 0 bridgehead atoms. The van der Waals surface area contributed by atoms with Crippen LogP contribution in [0.5, 0.6) is 17.4 Å². The summed E-state index contributed by atoms with van der Waals surface area (Å²) >= 11 is 0. The summed E-state index contributed by atoms with van der Waals surface area (Å²) in [5, 5.41) is 11.2. The van der Waals surface area contributed by atoms with E-state index >= 15 is 0 Å². The maximum absolute atomic E-state index is 6.38. The van der Waals surface area contributed by atoms with Gasteiger partial charge in [0.05, 0.1) is 18.4 Å². The molecule has 8 nitrogen and oxygen atoms in total. The standard InChI is InChI=1S/C32H25N5O3/c1-20(21-12-15-24(38-2)16-13-21)36-39-18-27-34-31-30-28(23-9-4-3-5-10-23)29-25-11-7-6-8-22(25)14-17-26(29)40-32(30)33-19-37(31)35-27/h3-17,19,28H,18H2,1-2H3/b36-20-. The van der Waals surface area contributed by atoms with Gasteiger partial charge in [0.25, 0.3) is 0 Å². The summed E-state index contributed by atoms with van der Waals surface area (Å²) in [6.07, 6.45) is 1.63. The van der Waals surface area contributed by atoms with Crippen LogP contribution in [0.15, 0.2) is 102 Å². The Labute approximate surface area is 230 Å². The van der Waals surface area contributed by atoms with Gasteiger partial charge in [-0.05, 0) is 59.2 Å². The average Bonchev–Trinajstić information content (AvgIpc) is 3.43. The van der Waals surface area contributed by atoms with Crippen molar-refractivity contribution in [2.45, 2.75) is 19.4 Å². The van der Waals surface area contributed by atoms with Crippen LogP contribution in [-0.4, -0.2) is 32.4 Å². The summed E-state index contributed by atoms with van der Waals surface area (Å²) in [6.45, 7) is 2.00. The highest BCUT2D eigenvalue weighted by Crippen LogP contribution is 2.50. The van der Waals surface area contributed by atoms with Crippen LogP contribution in [0.3, 0.4) is 0 Å². The fraction of sp³-hybridized carbons (Fsp3) is 0.125. The van der Waals surface area contributed by atoms with Crippen LogP contribution in [-0.2, 0) is 11.4 Å². The van der Waals surface area contributed by atoms with Gasteiger partial charge in [-0.3, -0.25) is 0 Å². The summed E-state index contributed by atoms with van der Waals surface area (Å²) in [4.78, 5) is 15.2. The Balaban J connectivity index is 1.28. The molecule has 7 rings (SSSR count). The topological polar surface area (TPSA) is 83.1 Å². The minimum absolute atomic E-state index is 0.111. The molecule has 0 radical (unpaired) electrons. The Hall–Kier alpha value is -5.24. The van der Waals surface area contributed by atoms with Crippen LogP contribution in [0.1, 0.15) is 40.9 Å². The first-order chi connectivity index (χ1) is 19.7. The number of rotatable bonds is 6. The van der Waals surface area contributed by atoms with E-state index in [0.29, 0.717) is 17.4 Å². The van der Waals surface area contributed by atoms with Crippen molar-refractivity contribution in [1.29, 1.82) is 0 Å². The number of aromatic nitrogens is 4. The predicted molar refractivity (Wildman–Crippen MR) is 152 cm³/mol. The van der Waals surface area contributed by atoms with Crippen LogP contribution in [0.2, 0.25) is 0 Å². The highest BCUT2D eigenvalue weighted by Gasteiger charge is 2.34. The van der Waals surface area contributed by atoms with Crippen molar-refractivity contribution in [1.82, 2.24) is 19.6 Å². The molecule has 0 fully saturated rings. The molecule has 0 N–H and O–H groups in total. The number of fused-ring (bicyclic) bond motifs is 6. The van der Waals surface area contributed by atoms with E-state index in [9.17, 15) is 0 Å². The monoisotopic (exact) mass is 527 g/mol. The average molecular weight is 528 g/mol. The summed E-state index contributed by atoms with van der Waals surface area (Å²) in [5.41, 5.74) is 5.44. The first-order valence-corrected chi connectivity index (χ1v) is 13.0. The van der Waals surface area contributed by atoms with Crippen LogP contribution in [0.4, 0.5) is 0 Å². The van der Waals surface area contributed by atoms with Gasteiger partial charge >= 0.3 is 0 Å². The fourth-order valence-electron chi connectivity index (χ4n) is 5.26. The van der Waals surface area contributed by atoms with Crippen LogP contribution in [0, 0.1) is 0 Å². The van der Waals surface area contributed by atoms with Crippen molar-refractivity contribution in [2.24, 2.45) is 5.16 Å². The Bertz CT molecular complexity index is 1880. The van der Waals surface area contributed by atoms with Gasteiger partial charge in [-0.2, -0.15) is 0 Å². The van der Waals surface area contributed by atoms with E-state index < -0.39 is 0 Å². The van der Waals surface area contributed by atoms with Crippen molar-refractivity contribution < 1.29 is 14.3 Å². The van der Waals surface area contributed by atoms with Gasteiger partial charge in [-0.1, -0.05) is 65.8 Å². The lowest BCUT2D eigenvalue weighted by Gasteiger charge is -2.29. The van der Waals surface area contributed by atoms with Gasteiger partial charge in [-0.15, -0.1) is 5.10 Å². The second-order valence-electron chi connectivity index (χ2n) is 9.58. The molecular formula is C32H25N5O3. The van der Waals surface area contributed by atoms with E-state index in [1.807, 2.05) is 49.4 Å². The molecule has 8 heteroatoms. The van der Waals surface area contributed by atoms with E-state index in [2.05, 4.69) is 63.8 Å². The van der Waals surface area contributed by atoms with Gasteiger partial charge < -0.3 is 14.3 Å². The molecule has 0 aliphatic carbocycles. The van der Waals surface area contributed by atoms with E-state index in [-0.39, 0.29) is 12.5 Å². The molecule has 0 saturated carbocycles. The van der Waals surface area contributed by atoms with Crippen LogP contribution < -0.4 is 9.47 Å². The molecule has 3 heterocycles. The van der Waals surface area contributed by atoms with Crippen LogP contribution in [0.25, 0.3) is 16.4 Å². The molecule has 0 amide bonds. The smallest absolute Gasteiger partial charge is 0.228 e. The lowest BCUT2D eigenvalue weighted by Crippen LogP contribution is -2.15. The number of methoxy groups -OCH3 is 1. The van der Waals surface area contributed by atoms with Crippen molar-refractivity contribution in [3.05, 3.63) is 125 Å². The lowest BCUT2D eigenvalue weighted by atomic mass is 9.81. The molecular weight excluding hydrogens is 502 g/mol. The first-order valence-electron chi connectivity index (χ1n) is 13.0. The Morgan fingerprint density at radius 2 is 1.73 bits per heavy atom. The van der Waals surface area contributed by atoms with E-state index in [4.69, 9.17) is 19.3 Å². The zero-order chi connectivity index (χ0) is 27.1. The molecule has 1 aliphatic rings. The third-order valence-electron chi connectivity index (χ3n) is 7.18. The van der Waals surface area contributed by atoms with Gasteiger partial charge in [0.1, 0.15) is 17.8 Å². The normalized spacial score (nSPS) is 14.4. The first kappa shape index (κ1) is 23.8. The second kappa shape index (κ2) is 9.81. The second-order valence-corrected chi connectivity index (χ2v) is 9.58. The lowest BCUT2D eigenvalue weighted by molar-refractivity contribution is 0.125. The number of nitrogens with zero attached hydrogens (tertiary/aromatic N) is 5. The van der Waals surface area contributed by atoms with Gasteiger partial charge in [0.2, 0.25) is 5.88 Å². The minimum atomic E-state index is -0.143. The number of benzene rings is 4. The van der Waals surface area contributed by atoms with E-state index in [0.717, 1.165) is 50.2 Å². The van der Waals surface area contributed by atoms with Crippen LogP contribution >= 0.6 is 0 Å². The molecule has 2 aromatic heterocycles. The van der Waals surface area contributed by atoms with Crippen molar-refractivity contribution in [3.63, 3.8) is 0 Å². The molecule has 0 saturated heterocycles. The minimum Gasteiger partial charge on any atom is -0.497 e. The van der Waals surface area contributed by atoms with Gasteiger partial charge in [0.15, 0.2) is 18.1 Å². The Kier molecular flexibility index (Phi) is 5.85. The largest absolute Gasteiger partial charge is 0.497 e. The maximum atomic E-state index is 6.38. The number of oxime groups is 1. The van der Waals surface area contributed by atoms with Gasteiger partial charge in [0, 0.05) is 11.5 Å². The fourth-order valence-corrected chi connectivity index (χ4v) is 5.26. The summed E-state index contributed by atoms with van der Waals surface area (Å²) in [5.74, 6) is 2.46. The number of hydrogen-bond donors (Lipinski definition) is 0. The zero-order valence-electron chi connectivity index (χ0n) is 22.0. The summed E-state index contributed by atoms with van der Waals surface area (Å²) in [6, 6.07) is 30.5. The number of ether oxygens (including phenoxy) is 2. The summed E-state index contributed by atoms with van der Waals surface area (Å²) in [7, 11) is 1.64. The molecule has 6 aromatic rings. The Morgan fingerprint density at radius 1 is 0.925 bits per heavy atom. The molecule has 4 aromatic carbocycles. The zero-order valence-corrected chi connectivity index (χ0v) is 22.0. The maximum Gasteiger partial charge on any atom is 0.228 e. The number of hydrogen-bond acceptors (Lipinski definition) is 7. The molecule has 0 spiro atoms. The van der Waals surface area contributed by atoms with Crippen molar-refractivity contribution >= 4 is 22.1 Å². The van der Waals surface area contributed by atoms with E-state index in [1.54, 1.807) is 18.0 Å². The highest BCUT2D eigenvalue weighted by atomic mass is 16.6. The van der Waals surface area contributed by atoms with Crippen molar-refractivity contribution in [2.75, 3.05) is 7.11 Å². The van der Waals surface area contributed by atoms with E-state index in [1.165, 1.54) is 0 Å². The quantitative estimate of drug-likeness (QED) is 0.181. The highest BCUT2D eigenvalue weighted by molar-refractivity contribution is 5.98. The molecule has 196 valence electrons. The van der Waals surface area contributed by atoms with Crippen molar-refractivity contribution in [3.8, 4) is 17.4 Å². The SMILES string of the molecule is COc1ccc(/C(C)=N\OCc2nc3c4c(ncn3n2)Oc2ccc3ccccc3c2C4c2ccccc2)cc1. The molecule has 1 aliphatic heterocycles. The molecule has 1 atom stereocenters. The summed E-state index contributed by atoms with van der Waals surface area (Å²) < 4.78 is 13.3. The third-order valence-corrected chi connectivity index (χ3v) is 7.18. The third kappa shape index (κ3) is 4.10. The Morgan fingerprint density at radius 3 is 2.55 bits per heavy atom.